The molecule has 0 saturated carbocycles. The van der Waals surface area contributed by atoms with Crippen LogP contribution < -0.4 is 10.6 Å². The van der Waals surface area contributed by atoms with Crippen LogP contribution in [0.2, 0.25) is 0 Å². The minimum Gasteiger partial charge on any atom is -0.444 e. The van der Waals surface area contributed by atoms with Crippen LogP contribution in [-0.4, -0.2) is 48.7 Å². The Hall–Kier alpha value is -2.15. The molecule has 2 rings (SSSR count). The van der Waals surface area contributed by atoms with Crippen LogP contribution in [0.5, 0.6) is 0 Å². The average molecular weight is 379 g/mol. The van der Waals surface area contributed by atoms with Crippen LogP contribution in [-0.2, 0) is 16.1 Å². The molecular formula is C20H30FN3O3. The lowest BCUT2D eigenvalue weighted by molar-refractivity contribution is -0.126. The average Bonchev–Trinajstić information content (AvgIpc) is 2.59. The molecule has 1 atom stereocenters. The van der Waals surface area contributed by atoms with E-state index in [0.717, 1.165) is 24.9 Å². The zero-order chi connectivity index (χ0) is 19.9. The van der Waals surface area contributed by atoms with E-state index >= 15 is 0 Å². The van der Waals surface area contributed by atoms with Crippen molar-refractivity contribution in [2.75, 3.05) is 26.2 Å². The predicted molar refractivity (Wildman–Crippen MR) is 102 cm³/mol. The zero-order valence-electron chi connectivity index (χ0n) is 16.4. The Kier molecular flexibility index (Phi) is 7.59. The quantitative estimate of drug-likeness (QED) is 0.746. The number of halogens is 1. The number of nitrogens with one attached hydrogen (secondary N) is 2. The van der Waals surface area contributed by atoms with Gasteiger partial charge >= 0.3 is 6.09 Å². The lowest BCUT2D eigenvalue weighted by Crippen LogP contribution is -2.44. The molecule has 0 aromatic heterocycles. The van der Waals surface area contributed by atoms with Gasteiger partial charge in [0, 0.05) is 26.2 Å². The summed E-state index contributed by atoms with van der Waals surface area (Å²) in [6.45, 7) is 8.42. The van der Waals surface area contributed by atoms with E-state index in [9.17, 15) is 14.0 Å². The molecule has 7 heteroatoms. The fourth-order valence-corrected chi connectivity index (χ4v) is 3.07. The molecule has 2 amide bonds. The van der Waals surface area contributed by atoms with Gasteiger partial charge in [-0.05, 0) is 57.9 Å². The first-order valence-corrected chi connectivity index (χ1v) is 9.44. The lowest BCUT2D eigenvalue weighted by Gasteiger charge is -2.32. The summed E-state index contributed by atoms with van der Waals surface area (Å²) in [5, 5.41) is 5.50. The second-order valence-electron chi connectivity index (χ2n) is 7.92. The molecule has 27 heavy (non-hydrogen) atoms. The molecule has 1 saturated heterocycles. The maximum atomic E-state index is 13.0. The van der Waals surface area contributed by atoms with Crippen molar-refractivity contribution in [3.05, 3.63) is 35.6 Å². The van der Waals surface area contributed by atoms with Crippen molar-refractivity contribution in [3.8, 4) is 0 Å². The third kappa shape index (κ3) is 7.95. The van der Waals surface area contributed by atoms with Gasteiger partial charge in [0.15, 0.2) is 0 Å². The van der Waals surface area contributed by atoms with Crippen molar-refractivity contribution in [3.63, 3.8) is 0 Å². The largest absolute Gasteiger partial charge is 0.444 e. The Morgan fingerprint density at radius 2 is 1.85 bits per heavy atom. The maximum absolute atomic E-state index is 13.0. The van der Waals surface area contributed by atoms with E-state index < -0.39 is 11.7 Å². The number of carbonyl (C=O) groups is 2. The van der Waals surface area contributed by atoms with Crippen LogP contribution in [0.1, 0.15) is 39.2 Å². The van der Waals surface area contributed by atoms with Crippen LogP contribution >= 0.6 is 0 Å². The van der Waals surface area contributed by atoms with Gasteiger partial charge in [-0.3, -0.25) is 9.69 Å². The predicted octanol–water partition coefficient (Wildman–Crippen LogP) is 2.68. The third-order valence-corrected chi connectivity index (χ3v) is 4.29. The second kappa shape index (κ2) is 9.69. The van der Waals surface area contributed by atoms with E-state index in [0.29, 0.717) is 26.2 Å². The van der Waals surface area contributed by atoms with E-state index in [2.05, 4.69) is 15.5 Å². The van der Waals surface area contributed by atoms with Gasteiger partial charge in [-0.1, -0.05) is 12.1 Å². The summed E-state index contributed by atoms with van der Waals surface area (Å²) in [6.07, 6.45) is 1.32. The van der Waals surface area contributed by atoms with E-state index in [4.69, 9.17) is 4.74 Å². The number of alkyl carbamates (subject to hydrolysis) is 1. The fourth-order valence-electron chi connectivity index (χ4n) is 3.07. The highest BCUT2D eigenvalue weighted by Crippen LogP contribution is 2.19. The number of ether oxygens (including phenoxy) is 1. The molecule has 2 N–H and O–H groups in total. The van der Waals surface area contributed by atoms with Crippen molar-refractivity contribution < 1.29 is 18.7 Å². The summed E-state index contributed by atoms with van der Waals surface area (Å²) in [6, 6.07) is 6.48. The minimum atomic E-state index is -0.538. The van der Waals surface area contributed by atoms with Crippen LogP contribution in [0.25, 0.3) is 0 Å². The number of rotatable bonds is 6. The van der Waals surface area contributed by atoms with Gasteiger partial charge in [-0.2, -0.15) is 0 Å². The molecule has 0 aliphatic carbocycles. The number of piperidine rings is 1. The zero-order valence-corrected chi connectivity index (χ0v) is 16.4. The number of nitrogens with zero attached hydrogens (tertiary/aromatic N) is 1. The first-order chi connectivity index (χ1) is 12.7. The first-order valence-electron chi connectivity index (χ1n) is 9.44. The molecule has 1 unspecified atom stereocenters. The smallest absolute Gasteiger partial charge is 0.407 e. The molecule has 150 valence electrons. The van der Waals surface area contributed by atoms with E-state index in [1.807, 2.05) is 0 Å². The molecule has 1 aromatic carbocycles. The summed E-state index contributed by atoms with van der Waals surface area (Å²) >= 11 is 0. The van der Waals surface area contributed by atoms with Gasteiger partial charge in [-0.15, -0.1) is 0 Å². The Morgan fingerprint density at radius 3 is 2.52 bits per heavy atom. The number of hydrogen-bond acceptors (Lipinski definition) is 4. The highest BCUT2D eigenvalue weighted by atomic mass is 19.1. The molecule has 1 aromatic rings. The van der Waals surface area contributed by atoms with Gasteiger partial charge in [0.05, 0.1) is 5.92 Å². The number of amides is 2. The number of likely N-dealkylation sites (tertiary alicyclic amines) is 1. The molecule has 0 spiro atoms. The van der Waals surface area contributed by atoms with Crippen LogP contribution in [0, 0.1) is 11.7 Å². The van der Waals surface area contributed by atoms with Gasteiger partial charge in [0.25, 0.3) is 0 Å². The second-order valence-corrected chi connectivity index (χ2v) is 7.92. The molecule has 1 heterocycles. The lowest BCUT2D eigenvalue weighted by atomic mass is 9.96. The maximum Gasteiger partial charge on any atom is 0.407 e. The van der Waals surface area contributed by atoms with Crippen molar-refractivity contribution >= 4 is 12.0 Å². The number of carbonyl (C=O) groups excluding carboxylic acids is 2. The molecule has 0 radical (unpaired) electrons. The Bertz CT molecular complexity index is 628. The summed E-state index contributed by atoms with van der Waals surface area (Å²) in [5.41, 5.74) is 0.502. The highest BCUT2D eigenvalue weighted by Gasteiger charge is 2.25. The standard InChI is InChI=1S/C20H30FN3O3/c1-20(2,3)27-19(26)23-11-10-22-18(25)16-5-4-12-24(14-16)13-15-6-8-17(21)9-7-15/h6-9,16H,4-5,10-14H2,1-3H3,(H,22,25)(H,23,26). The van der Waals surface area contributed by atoms with Crippen molar-refractivity contribution in [2.24, 2.45) is 5.92 Å². The van der Waals surface area contributed by atoms with Crippen LogP contribution in [0.4, 0.5) is 9.18 Å². The summed E-state index contributed by atoms with van der Waals surface area (Å²) in [7, 11) is 0. The number of hydrogen-bond donors (Lipinski definition) is 2. The highest BCUT2D eigenvalue weighted by molar-refractivity contribution is 5.79. The molecule has 6 nitrogen and oxygen atoms in total. The summed E-state index contributed by atoms with van der Waals surface area (Å²) in [4.78, 5) is 26.2. The fraction of sp³-hybridized carbons (Fsp3) is 0.600. The van der Waals surface area contributed by atoms with Crippen LogP contribution in [0.15, 0.2) is 24.3 Å². The molecule has 0 bridgehead atoms. The molecule has 1 aliphatic rings. The van der Waals surface area contributed by atoms with Gasteiger partial charge < -0.3 is 15.4 Å². The molecular weight excluding hydrogens is 349 g/mol. The minimum absolute atomic E-state index is 0.00444. The van der Waals surface area contributed by atoms with E-state index in [1.165, 1.54) is 12.1 Å². The van der Waals surface area contributed by atoms with Crippen molar-refractivity contribution in [2.45, 2.75) is 45.8 Å². The normalized spacial score (nSPS) is 18.0. The third-order valence-electron chi connectivity index (χ3n) is 4.29. The molecule has 1 aliphatic heterocycles. The Labute approximate surface area is 160 Å². The van der Waals surface area contributed by atoms with Crippen molar-refractivity contribution in [1.29, 1.82) is 0 Å². The van der Waals surface area contributed by atoms with Gasteiger partial charge in [0.2, 0.25) is 5.91 Å². The summed E-state index contributed by atoms with van der Waals surface area (Å²) in [5.74, 6) is -0.305. The monoisotopic (exact) mass is 379 g/mol. The van der Waals surface area contributed by atoms with Gasteiger partial charge in [0.1, 0.15) is 11.4 Å². The van der Waals surface area contributed by atoms with E-state index in [-0.39, 0.29) is 17.6 Å². The first kappa shape index (κ1) is 21.2. The SMILES string of the molecule is CC(C)(C)OC(=O)NCCNC(=O)C1CCCN(Cc2ccc(F)cc2)C1. The van der Waals surface area contributed by atoms with Gasteiger partial charge in [-0.25, -0.2) is 9.18 Å². The van der Waals surface area contributed by atoms with E-state index in [1.54, 1.807) is 32.9 Å². The topological polar surface area (TPSA) is 70.7 Å². The number of benzene rings is 1. The Balaban J connectivity index is 1.69. The Morgan fingerprint density at radius 1 is 1.19 bits per heavy atom. The van der Waals surface area contributed by atoms with Crippen LogP contribution in [0.3, 0.4) is 0 Å². The summed E-state index contributed by atoms with van der Waals surface area (Å²) < 4.78 is 18.2. The van der Waals surface area contributed by atoms with Crippen molar-refractivity contribution in [1.82, 2.24) is 15.5 Å². The molecule has 1 fully saturated rings.